The number of aliphatic hydroxyl groups excluding tert-OH is 2. The second kappa shape index (κ2) is 25.1. The van der Waals surface area contributed by atoms with Crippen LogP contribution in [0.5, 0.6) is 0 Å². The second-order valence-electron chi connectivity index (χ2n) is 19.6. The average Bonchev–Trinajstić information content (AvgIpc) is 3.28. The van der Waals surface area contributed by atoms with Gasteiger partial charge >= 0.3 is 5.97 Å². The lowest BCUT2D eigenvalue weighted by Gasteiger charge is -2.42. The normalized spacial score (nSPS) is 40.4. The summed E-state index contributed by atoms with van der Waals surface area (Å²) in [5.74, 6) is -7.96. The zero-order chi connectivity index (χ0) is 48.2. The fraction of sp³-hybridized carbons (Fsp3) is 0.745. The molecule has 0 aromatic rings. The summed E-state index contributed by atoms with van der Waals surface area (Å²) >= 11 is 0. The van der Waals surface area contributed by atoms with E-state index in [4.69, 9.17) is 23.7 Å². The smallest absolute Gasteiger partial charge is 0.329 e. The zero-order valence-electron chi connectivity index (χ0n) is 40.6. The molecule has 366 valence electrons. The number of allylic oxidation sites excluding steroid dienone is 6. The Morgan fingerprint density at radius 1 is 0.846 bits per heavy atom. The molecule has 0 aromatic carbocycles. The maximum absolute atomic E-state index is 14.4. The molecule has 3 fully saturated rings. The predicted octanol–water partition coefficient (Wildman–Crippen LogP) is 6.18. The maximum atomic E-state index is 14.4. The number of aliphatic hydroxyl groups is 3. The summed E-state index contributed by atoms with van der Waals surface area (Å²) in [5.41, 5.74) is 1.27. The average molecular weight is 914 g/mol. The molecular formula is C51H79NO13. The van der Waals surface area contributed by atoms with Crippen LogP contribution in [-0.4, -0.2) is 132 Å². The molecule has 14 heteroatoms. The summed E-state index contributed by atoms with van der Waals surface area (Å²) in [7, 11) is 4.52. The molecule has 0 spiro atoms. The molecule has 1 saturated carbocycles. The number of Topliss-reactive ketones (excluding diaryl/α,β-unsaturated/α-hetero) is 3. The van der Waals surface area contributed by atoms with Gasteiger partial charge in [0.1, 0.15) is 30.1 Å². The van der Waals surface area contributed by atoms with Gasteiger partial charge in [-0.05, 0) is 107 Å². The van der Waals surface area contributed by atoms with Crippen LogP contribution >= 0.6 is 0 Å². The highest BCUT2D eigenvalue weighted by atomic mass is 16.6. The molecule has 15 atom stereocenters. The van der Waals surface area contributed by atoms with Gasteiger partial charge in [0.25, 0.3) is 11.7 Å². The van der Waals surface area contributed by atoms with Crippen molar-refractivity contribution in [2.24, 2.45) is 35.5 Å². The Labute approximate surface area is 387 Å². The van der Waals surface area contributed by atoms with E-state index in [0.717, 1.165) is 12.0 Å². The SMILES string of the molecule is CO[C@H]1C[C@@H]2CC[C@@H](C)[C@@](O)(O2)C(=O)C(=O)N2CCCC[C@H]2C(=O)O[C@H]([C@H](C)C[C@H]2CC[C@@H](O)[C@H](OC)C2)CC(=O)[C@H](C)/C=C(\C)[C@@H](O)[C@H](OC)C(=O)[C@H](C)C[C@H](C)/C=C/C=C/C=C/1C. The van der Waals surface area contributed by atoms with Crippen molar-refractivity contribution in [3.63, 3.8) is 0 Å². The quantitative estimate of drug-likeness (QED) is 0.156. The number of piperidine rings is 1. The summed E-state index contributed by atoms with van der Waals surface area (Å²) in [5, 5.41) is 33.8. The van der Waals surface area contributed by atoms with Gasteiger partial charge in [0.2, 0.25) is 5.79 Å². The molecule has 65 heavy (non-hydrogen) atoms. The van der Waals surface area contributed by atoms with Gasteiger partial charge in [0, 0.05) is 58.5 Å². The van der Waals surface area contributed by atoms with Gasteiger partial charge in [-0.25, -0.2) is 4.79 Å². The number of ether oxygens (including phenoxy) is 5. The maximum Gasteiger partial charge on any atom is 0.329 e. The standard InChI is InChI=1S/C51H79NO13/c1-30-16-12-11-13-17-31(2)42(61-8)28-38-21-19-36(7)51(60,65-38)48(57)49(58)52-23-15-14-18-39(52)50(59)64-43(33(4)26-37-20-22-40(53)44(27-37)62-9)29-41(54)32(3)25-35(6)46(56)47(63-10)45(55)34(5)24-30/h11-13,16-17,25,30,32-34,36-40,42-44,46-47,53,56,60H,14-15,18-24,26-29H2,1-10H3/b13-11+,16-12+,31-17+,35-25+/t30-,32-,33-,34-,36-,37-,38+,39+,40-,42+,43+,44-,46-,47-,51-/m1/s1. The van der Waals surface area contributed by atoms with Crippen LogP contribution in [0, 0.1) is 35.5 Å². The Hall–Kier alpha value is -3.37. The highest BCUT2D eigenvalue weighted by Crippen LogP contribution is 2.38. The number of methoxy groups -OCH3 is 3. The number of esters is 1. The minimum atomic E-state index is -2.43. The zero-order valence-corrected chi connectivity index (χ0v) is 40.6. The van der Waals surface area contributed by atoms with E-state index in [9.17, 15) is 39.3 Å². The van der Waals surface area contributed by atoms with Gasteiger partial charge in [-0.3, -0.25) is 19.2 Å². The Morgan fingerprint density at radius 3 is 2.25 bits per heavy atom. The Kier molecular flexibility index (Phi) is 21.0. The minimum absolute atomic E-state index is 0.0193. The summed E-state index contributed by atoms with van der Waals surface area (Å²) < 4.78 is 29.4. The lowest BCUT2D eigenvalue weighted by Crippen LogP contribution is -2.61. The van der Waals surface area contributed by atoms with Crippen molar-refractivity contribution in [3.05, 3.63) is 47.6 Å². The van der Waals surface area contributed by atoms with Gasteiger partial charge in [0.15, 0.2) is 5.78 Å². The second-order valence-corrected chi connectivity index (χ2v) is 19.6. The molecule has 0 unspecified atom stereocenters. The Morgan fingerprint density at radius 2 is 1.57 bits per heavy atom. The van der Waals surface area contributed by atoms with Crippen LogP contribution in [0.15, 0.2) is 47.6 Å². The molecule has 14 nitrogen and oxygen atoms in total. The lowest BCUT2D eigenvalue weighted by molar-refractivity contribution is -0.265. The fourth-order valence-corrected chi connectivity index (χ4v) is 10.1. The van der Waals surface area contributed by atoms with E-state index in [1.165, 1.54) is 12.0 Å². The van der Waals surface area contributed by atoms with Crippen molar-refractivity contribution in [2.45, 2.75) is 180 Å². The van der Waals surface area contributed by atoms with Crippen LogP contribution in [0.4, 0.5) is 0 Å². The van der Waals surface area contributed by atoms with E-state index >= 15 is 0 Å². The first-order valence-corrected chi connectivity index (χ1v) is 23.9. The topological polar surface area (TPSA) is 195 Å². The van der Waals surface area contributed by atoms with Gasteiger partial charge in [-0.2, -0.15) is 0 Å². The first kappa shape index (κ1) is 54.2. The van der Waals surface area contributed by atoms with Crippen LogP contribution in [0.1, 0.15) is 126 Å². The number of nitrogens with zero attached hydrogens (tertiary/aromatic N) is 1. The molecule has 3 aliphatic heterocycles. The lowest BCUT2D eigenvalue weighted by atomic mass is 9.78. The van der Waals surface area contributed by atoms with Gasteiger partial charge in [-0.1, -0.05) is 71.1 Å². The van der Waals surface area contributed by atoms with Gasteiger partial charge in [-0.15, -0.1) is 0 Å². The number of hydrogen-bond acceptors (Lipinski definition) is 13. The third-order valence-corrected chi connectivity index (χ3v) is 14.5. The molecule has 0 radical (unpaired) electrons. The highest BCUT2D eigenvalue weighted by Gasteiger charge is 2.53. The van der Waals surface area contributed by atoms with Crippen molar-refractivity contribution in [2.75, 3.05) is 27.9 Å². The molecule has 0 aromatic heterocycles. The number of fused-ring (bicyclic) bond motifs is 3. The van der Waals surface area contributed by atoms with Crippen LogP contribution in [-0.2, 0) is 47.7 Å². The van der Waals surface area contributed by atoms with Gasteiger partial charge < -0.3 is 43.9 Å². The number of cyclic esters (lactones) is 1. The predicted molar refractivity (Wildman–Crippen MR) is 245 cm³/mol. The molecule has 1 aliphatic carbocycles. The van der Waals surface area contributed by atoms with Crippen LogP contribution < -0.4 is 0 Å². The molecule has 4 aliphatic rings. The number of ketones is 3. The number of carbonyl (C=O) groups excluding carboxylic acids is 5. The van der Waals surface area contributed by atoms with Crippen molar-refractivity contribution >= 4 is 29.2 Å². The Balaban J connectivity index is 1.70. The minimum Gasteiger partial charge on any atom is -0.460 e. The fourth-order valence-electron chi connectivity index (χ4n) is 10.1. The van der Waals surface area contributed by atoms with E-state index in [-0.39, 0.29) is 54.8 Å². The monoisotopic (exact) mass is 914 g/mol. The summed E-state index contributed by atoms with van der Waals surface area (Å²) in [6, 6.07) is -1.14. The summed E-state index contributed by atoms with van der Waals surface area (Å²) in [6.45, 7) is 12.7. The number of rotatable bonds is 6. The van der Waals surface area contributed by atoms with Crippen molar-refractivity contribution < 1.29 is 63.0 Å². The molecule has 4 rings (SSSR count). The van der Waals surface area contributed by atoms with E-state index in [0.29, 0.717) is 63.4 Å². The first-order chi connectivity index (χ1) is 30.7. The van der Waals surface area contributed by atoms with E-state index < -0.39 is 83.9 Å². The van der Waals surface area contributed by atoms with Crippen molar-refractivity contribution in [3.8, 4) is 0 Å². The third-order valence-electron chi connectivity index (χ3n) is 14.5. The highest BCUT2D eigenvalue weighted by molar-refractivity contribution is 6.39. The molecule has 3 N–H and O–H groups in total. The molecule has 2 bridgehead atoms. The van der Waals surface area contributed by atoms with E-state index in [1.54, 1.807) is 41.1 Å². The number of hydrogen-bond donors (Lipinski definition) is 3. The van der Waals surface area contributed by atoms with Crippen LogP contribution in [0.3, 0.4) is 0 Å². The third kappa shape index (κ3) is 14.3. The summed E-state index contributed by atoms with van der Waals surface area (Å²) in [4.78, 5) is 71.8. The Bertz CT molecular complexity index is 1760. The van der Waals surface area contributed by atoms with E-state index in [1.807, 2.05) is 58.1 Å². The molecule has 3 heterocycles. The van der Waals surface area contributed by atoms with Crippen molar-refractivity contribution in [1.29, 1.82) is 0 Å². The van der Waals surface area contributed by atoms with Crippen LogP contribution in [0.25, 0.3) is 0 Å². The molecule has 2 saturated heterocycles. The van der Waals surface area contributed by atoms with Crippen LogP contribution in [0.2, 0.25) is 0 Å². The summed E-state index contributed by atoms with van der Waals surface area (Å²) in [6.07, 6.45) is 11.2. The molecule has 1 amide bonds. The number of carbonyl (C=O) groups is 5. The van der Waals surface area contributed by atoms with Gasteiger partial charge in [0.05, 0.1) is 24.4 Å². The van der Waals surface area contributed by atoms with Crippen molar-refractivity contribution in [1.82, 2.24) is 4.90 Å². The number of amides is 1. The first-order valence-electron chi connectivity index (χ1n) is 23.9. The van der Waals surface area contributed by atoms with E-state index in [2.05, 4.69) is 0 Å². The molecular weight excluding hydrogens is 835 g/mol. The largest absolute Gasteiger partial charge is 0.460 e.